The fraction of sp³-hybridized carbons (Fsp3) is 0.207. The molecule has 12 heteroatoms. The molecule has 0 aliphatic heterocycles. The maximum atomic E-state index is 12.9. The van der Waals surface area contributed by atoms with E-state index >= 15 is 0 Å². The van der Waals surface area contributed by atoms with Crippen LogP contribution in [0, 0.1) is 11.3 Å². The van der Waals surface area contributed by atoms with Crippen molar-refractivity contribution in [1.82, 2.24) is 21.3 Å². The summed E-state index contributed by atoms with van der Waals surface area (Å²) >= 11 is 12.5. The van der Waals surface area contributed by atoms with Crippen LogP contribution in [0.15, 0.2) is 60.7 Å². The summed E-state index contributed by atoms with van der Waals surface area (Å²) in [6.07, 6.45) is 1.55. The number of carboxylic acids is 1. The van der Waals surface area contributed by atoms with Crippen LogP contribution in [0.1, 0.15) is 55.4 Å². The molecule has 3 aromatic carbocycles. The zero-order chi connectivity index (χ0) is 29.5. The number of carbonyl (C=O) groups excluding carboxylic acids is 3. The van der Waals surface area contributed by atoms with Gasteiger partial charge in [-0.1, -0.05) is 59.6 Å². The highest BCUT2D eigenvalue weighted by Gasteiger charge is 2.27. The lowest BCUT2D eigenvalue weighted by molar-refractivity contribution is -0.139. The number of hydrogen-bond acceptors (Lipinski definition) is 5. The van der Waals surface area contributed by atoms with Crippen LogP contribution < -0.4 is 21.3 Å². The molecular formula is C29H25Cl2N5O5. The Morgan fingerprint density at radius 1 is 0.976 bits per heavy atom. The van der Waals surface area contributed by atoms with Gasteiger partial charge < -0.3 is 26.4 Å². The van der Waals surface area contributed by atoms with Crippen LogP contribution in [0.3, 0.4) is 0 Å². The zero-order valence-corrected chi connectivity index (χ0v) is 23.1. The largest absolute Gasteiger partial charge is 0.480 e. The van der Waals surface area contributed by atoms with Crippen LogP contribution in [0.25, 0.3) is 0 Å². The molecule has 0 fully saturated rings. The van der Waals surface area contributed by atoms with Gasteiger partial charge in [-0.25, -0.2) is 9.59 Å². The van der Waals surface area contributed by atoms with Crippen molar-refractivity contribution in [1.29, 1.82) is 5.26 Å². The van der Waals surface area contributed by atoms with E-state index in [1.165, 1.54) is 12.1 Å². The second-order valence-electron chi connectivity index (χ2n) is 9.32. The molecule has 2 unspecified atom stereocenters. The van der Waals surface area contributed by atoms with Gasteiger partial charge in [-0.15, -0.1) is 0 Å². The third-order valence-electron chi connectivity index (χ3n) is 6.55. The fourth-order valence-corrected chi connectivity index (χ4v) is 5.16. The van der Waals surface area contributed by atoms with Crippen molar-refractivity contribution >= 4 is 47.0 Å². The minimum absolute atomic E-state index is 0.0783. The lowest BCUT2D eigenvalue weighted by atomic mass is 10.1. The summed E-state index contributed by atoms with van der Waals surface area (Å²) in [6.45, 7) is -0.260. The number of nitrogens with zero attached hydrogens (tertiary/aromatic N) is 1. The predicted octanol–water partition coefficient (Wildman–Crippen LogP) is 3.96. The summed E-state index contributed by atoms with van der Waals surface area (Å²) in [5.74, 6) is -2.79. The second-order valence-corrected chi connectivity index (χ2v) is 10.1. The van der Waals surface area contributed by atoms with Crippen LogP contribution in [0.4, 0.5) is 4.79 Å². The van der Waals surface area contributed by atoms with Gasteiger partial charge in [0, 0.05) is 12.1 Å². The molecule has 41 heavy (non-hydrogen) atoms. The molecule has 1 aliphatic rings. The lowest BCUT2D eigenvalue weighted by Gasteiger charge is -2.19. The monoisotopic (exact) mass is 593 g/mol. The van der Waals surface area contributed by atoms with Gasteiger partial charge in [0.05, 0.1) is 39.8 Å². The van der Waals surface area contributed by atoms with Gasteiger partial charge in [0.15, 0.2) is 0 Å². The SMILES string of the molecule is N#Cc1cccc(CNC(=O)c2cc(Cl)c(C(=O)NC(CNC(=O)NC3CCc4ccccc43)C(=O)O)c(Cl)c2)c1. The second kappa shape index (κ2) is 13.2. The maximum absolute atomic E-state index is 12.9. The molecule has 210 valence electrons. The van der Waals surface area contributed by atoms with E-state index in [9.17, 15) is 24.3 Å². The molecule has 4 amide bonds. The van der Waals surface area contributed by atoms with E-state index in [0.29, 0.717) is 11.1 Å². The van der Waals surface area contributed by atoms with Crippen molar-refractivity contribution in [2.75, 3.05) is 6.54 Å². The molecule has 4 rings (SSSR count). The number of hydrogen-bond donors (Lipinski definition) is 5. The first-order chi connectivity index (χ1) is 19.7. The number of fused-ring (bicyclic) bond motifs is 1. The highest BCUT2D eigenvalue weighted by Crippen LogP contribution is 2.30. The molecule has 0 saturated heterocycles. The van der Waals surface area contributed by atoms with Crippen molar-refractivity contribution in [3.05, 3.63) is 104 Å². The Morgan fingerprint density at radius 3 is 2.41 bits per heavy atom. The number of aliphatic carboxylic acids is 1. The number of aryl methyl sites for hydroxylation is 1. The minimum Gasteiger partial charge on any atom is -0.480 e. The van der Waals surface area contributed by atoms with Gasteiger partial charge in [0.1, 0.15) is 6.04 Å². The molecule has 10 nitrogen and oxygen atoms in total. The number of benzene rings is 3. The van der Waals surface area contributed by atoms with E-state index in [4.69, 9.17) is 28.5 Å². The molecule has 0 bridgehead atoms. The summed E-state index contributed by atoms with van der Waals surface area (Å²) < 4.78 is 0. The summed E-state index contributed by atoms with van der Waals surface area (Å²) in [6, 6.07) is 16.7. The van der Waals surface area contributed by atoms with Crippen molar-refractivity contribution in [3.8, 4) is 6.07 Å². The normalized spacial score (nSPS) is 14.2. The number of rotatable bonds is 9. The maximum Gasteiger partial charge on any atom is 0.328 e. The summed E-state index contributed by atoms with van der Waals surface area (Å²) in [5, 5.41) is 28.6. The molecule has 5 N–H and O–H groups in total. The number of halogens is 2. The number of urea groups is 1. The molecule has 0 spiro atoms. The first-order valence-corrected chi connectivity index (χ1v) is 13.3. The topological polar surface area (TPSA) is 160 Å². The van der Waals surface area contributed by atoms with E-state index in [-0.39, 0.29) is 33.8 Å². The first-order valence-electron chi connectivity index (χ1n) is 12.6. The van der Waals surface area contributed by atoms with Gasteiger partial charge in [-0.05, 0) is 53.8 Å². The Balaban J connectivity index is 1.35. The van der Waals surface area contributed by atoms with Crippen molar-refractivity contribution in [2.45, 2.75) is 31.5 Å². The molecule has 1 aliphatic carbocycles. The Bertz CT molecular complexity index is 1530. The van der Waals surface area contributed by atoms with Crippen LogP contribution in [0.5, 0.6) is 0 Å². The molecular weight excluding hydrogens is 569 g/mol. The summed E-state index contributed by atoms with van der Waals surface area (Å²) in [4.78, 5) is 49.8. The van der Waals surface area contributed by atoms with Gasteiger partial charge in [-0.2, -0.15) is 5.26 Å². The summed E-state index contributed by atoms with van der Waals surface area (Å²) in [7, 11) is 0. The van der Waals surface area contributed by atoms with Crippen molar-refractivity contribution in [2.24, 2.45) is 0 Å². The Hall–Kier alpha value is -4.59. The molecule has 3 aromatic rings. The molecule has 2 atom stereocenters. The summed E-state index contributed by atoms with van der Waals surface area (Å²) in [5.41, 5.74) is 3.19. The molecule has 0 heterocycles. The molecule has 0 aromatic heterocycles. The van der Waals surface area contributed by atoms with E-state index in [1.807, 2.05) is 30.3 Å². The van der Waals surface area contributed by atoms with Crippen LogP contribution >= 0.6 is 23.2 Å². The van der Waals surface area contributed by atoms with E-state index in [2.05, 4.69) is 21.3 Å². The number of amides is 4. The number of carboxylic acid groups (broad SMARTS) is 1. The van der Waals surface area contributed by atoms with Gasteiger partial charge in [0.2, 0.25) is 0 Å². The Labute approximate surface area is 245 Å². The average molecular weight is 594 g/mol. The zero-order valence-electron chi connectivity index (χ0n) is 21.5. The smallest absolute Gasteiger partial charge is 0.328 e. The minimum atomic E-state index is -1.48. The number of nitrogens with one attached hydrogen (secondary N) is 4. The quantitative estimate of drug-likeness (QED) is 0.252. The standard InChI is InChI=1S/C29H25Cl2N5O5/c30-21-11-19(26(37)33-14-17-5-3-4-16(10-17)13-32)12-22(31)25(21)27(38)35-24(28(39)40)15-34-29(41)36-23-9-8-18-6-1-2-7-20(18)23/h1-7,10-12,23-24H,8-9,14-15H2,(H,33,37)(H,35,38)(H,39,40)(H2,34,36,41). The lowest BCUT2D eigenvalue weighted by Crippen LogP contribution is -2.50. The van der Waals surface area contributed by atoms with Crippen LogP contribution in [-0.4, -0.2) is 41.5 Å². The Kier molecular flexibility index (Phi) is 9.45. The predicted molar refractivity (Wildman–Crippen MR) is 152 cm³/mol. The van der Waals surface area contributed by atoms with Crippen molar-refractivity contribution < 1.29 is 24.3 Å². The van der Waals surface area contributed by atoms with Crippen LogP contribution in [0.2, 0.25) is 10.0 Å². The van der Waals surface area contributed by atoms with Crippen molar-refractivity contribution in [3.63, 3.8) is 0 Å². The molecule has 0 saturated carbocycles. The highest BCUT2D eigenvalue weighted by molar-refractivity contribution is 6.40. The third kappa shape index (κ3) is 7.33. The number of nitriles is 1. The van der Waals surface area contributed by atoms with Gasteiger partial charge in [0.25, 0.3) is 11.8 Å². The number of carbonyl (C=O) groups is 4. The first kappa shape index (κ1) is 29.4. The van der Waals surface area contributed by atoms with Gasteiger partial charge in [-0.3, -0.25) is 9.59 Å². The van der Waals surface area contributed by atoms with Gasteiger partial charge >= 0.3 is 12.0 Å². The fourth-order valence-electron chi connectivity index (χ4n) is 4.50. The molecule has 0 radical (unpaired) electrons. The van der Waals surface area contributed by atoms with E-state index < -0.39 is 36.4 Å². The average Bonchev–Trinajstić information content (AvgIpc) is 3.36. The van der Waals surface area contributed by atoms with E-state index in [1.54, 1.807) is 24.3 Å². The highest BCUT2D eigenvalue weighted by atomic mass is 35.5. The van der Waals surface area contributed by atoms with E-state index in [0.717, 1.165) is 24.0 Å². The Morgan fingerprint density at radius 2 is 1.71 bits per heavy atom. The van der Waals surface area contributed by atoms with Crippen LogP contribution in [-0.2, 0) is 17.8 Å². The third-order valence-corrected chi connectivity index (χ3v) is 7.15.